The van der Waals surface area contributed by atoms with Crippen molar-refractivity contribution in [3.05, 3.63) is 24.3 Å². The molecular formula is C24H31NO. The number of carbonyl (C=O) groups is 1. The normalized spacial score (nSPS) is 54.1. The topological polar surface area (TPSA) is 40.9 Å². The van der Waals surface area contributed by atoms with Gasteiger partial charge in [0.1, 0.15) is 0 Å². The highest BCUT2D eigenvalue weighted by atomic mass is 16.1. The van der Waals surface area contributed by atoms with Crippen molar-refractivity contribution in [3.8, 4) is 6.07 Å². The van der Waals surface area contributed by atoms with Crippen molar-refractivity contribution in [2.45, 2.75) is 58.8 Å². The number of rotatable bonds is 2. The molecule has 2 heteroatoms. The van der Waals surface area contributed by atoms with E-state index >= 15 is 0 Å². The van der Waals surface area contributed by atoms with Gasteiger partial charge in [-0.15, -0.1) is 6.58 Å². The zero-order valence-electron chi connectivity index (χ0n) is 16.2. The maximum atomic E-state index is 12.0. The lowest BCUT2D eigenvalue weighted by molar-refractivity contribution is -0.116. The molecule has 9 atom stereocenters. The second-order valence-electron chi connectivity index (χ2n) is 10.1. The van der Waals surface area contributed by atoms with Gasteiger partial charge in [-0.25, -0.2) is 0 Å². The molecule has 0 saturated heterocycles. The van der Waals surface area contributed by atoms with Crippen LogP contribution in [0, 0.1) is 63.6 Å². The lowest BCUT2D eigenvalue weighted by Gasteiger charge is -2.58. The van der Waals surface area contributed by atoms with Crippen molar-refractivity contribution in [1.29, 1.82) is 5.26 Å². The first-order chi connectivity index (χ1) is 12.5. The van der Waals surface area contributed by atoms with Crippen molar-refractivity contribution < 1.29 is 4.79 Å². The average Bonchev–Trinajstić information content (AvgIpc) is 3.38. The van der Waals surface area contributed by atoms with Crippen LogP contribution < -0.4 is 0 Å². The monoisotopic (exact) mass is 349 g/mol. The summed E-state index contributed by atoms with van der Waals surface area (Å²) in [6, 6.07) is 2.87. The number of nitrogens with zero attached hydrogens (tertiary/aromatic N) is 1. The maximum absolute atomic E-state index is 12.0. The summed E-state index contributed by atoms with van der Waals surface area (Å²) >= 11 is 0. The molecule has 0 aromatic rings. The summed E-state index contributed by atoms with van der Waals surface area (Å²) in [5.74, 6) is 4.92. The largest absolute Gasteiger partial charge is 0.295 e. The summed E-state index contributed by atoms with van der Waals surface area (Å²) in [4.78, 5) is 12.0. The fraction of sp³-hybridized carbons (Fsp3) is 0.750. The molecule has 26 heavy (non-hydrogen) atoms. The van der Waals surface area contributed by atoms with Gasteiger partial charge in [-0.1, -0.05) is 25.5 Å². The Bertz CT molecular complexity index is 744. The minimum atomic E-state index is -0.0995. The van der Waals surface area contributed by atoms with Crippen LogP contribution in [0.2, 0.25) is 0 Å². The molecule has 4 fully saturated rings. The van der Waals surface area contributed by atoms with Gasteiger partial charge in [-0.2, -0.15) is 5.26 Å². The fourth-order valence-electron chi connectivity index (χ4n) is 8.62. The van der Waals surface area contributed by atoms with E-state index in [1.54, 1.807) is 0 Å². The lowest BCUT2D eigenvalue weighted by Crippen LogP contribution is -2.53. The van der Waals surface area contributed by atoms with Gasteiger partial charge in [0.15, 0.2) is 5.78 Å². The number of hydrogen-bond donors (Lipinski definition) is 0. The molecular weight excluding hydrogens is 318 g/mol. The van der Waals surface area contributed by atoms with Gasteiger partial charge >= 0.3 is 0 Å². The van der Waals surface area contributed by atoms with Crippen LogP contribution in [0.5, 0.6) is 0 Å². The van der Waals surface area contributed by atoms with Crippen LogP contribution in [0.25, 0.3) is 0 Å². The van der Waals surface area contributed by atoms with Crippen LogP contribution in [0.15, 0.2) is 24.3 Å². The number of allylic oxidation sites excluding steroid dienone is 2. The van der Waals surface area contributed by atoms with E-state index in [1.807, 2.05) is 6.08 Å². The Morgan fingerprint density at radius 2 is 2.19 bits per heavy atom. The van der Waals surface area contributed by atoms with E-state index in [9.17, 15) is 10.1 Å². The minimum absolute atomic E-state index is 0.0995. The van der Waals surface area contributed by atoms with E-state index in [2.05, 4.69) is 32.6 Å². The van der Waals surface area contributed by atoms with Crippen LogP contribution in [-0.4, -0.2) is 5.78 Å². The first-order valence-corrected chi connectivity index (χ1v) is 10.8. The van der Waals surface area contributed by atoms with Crippen LogP contribution >= 0.6 is 0 Å². The zero-order chi connectivity index (χ0) is 18.3. The van der Waals surface area contributed by atoms with E-state index < -0.39 is 0 Å². The summed E-state index contributed by atoms with van der Waals surface area (Å²) in [7, 11) is 0. The van der Waals surface area contributed by atoms with Gasteiger partial charge in [0.05, 0.1) is 11.5 Å². The molecule has 0 radical (unpaired) electrons. The summed E-state index contributed by atoms with van der Waals surface area (Å²) in [5, 5.41) is 10.2. The highest BCUT2D eigenvalue weighted by Crippen LogP contribution is 2.80. The minimum Gasteiger partial charge on any atom is -0.295 e. The fourth-order valence-corrected chi connectivity index (χ4v) is 8.62. The van der Waals surface area contributed by atoms with E-state index in [4.69, 9.17) is 0 Å². The maximum Gasteiger partial charge on any atom is 0.155 e. The molecule has 0 unspecified atom stereocenters. The molecule has 0 N–H and O–H groups in total. The van der Waals surface area contributed by atoms with Crippen molar-refractivity contribution in [1.82, 2.24) is 0 Å². The smallest absolute Gasteiger partial charge is 0.155 e. The molecule has 0 heterocycles. The molecule has 2 nitrogen and oxygen atoms in total. The Morgan fingerprint density at radius 1 is 1.38 bits per heavy atom. The number of fused-ring (bicyclic) bond motifs is 7. The predicted octanol–water partition coefficient (Wildman–Crippen LogP) is 5.32. The molecule has 5 aliphatic carbocycles. The van der Waals surface area contributed by atoms with Crippen molar-refractivity contribution in [2.24, 2.45) is 52.3 Å². The van der Waals surface area contributed by atoms with Gasteiger partial charge in [0.2, 0.25) is 0 Å². The Balaban J connectivity index is 1.58. The molecule has 0 spiro atoms. The molecule has 0 aliphatic heterocycles. The molecule has 138 valence electrons. The van der Waals surface area contributed by atoms with Crippen molar-refractivity contribution >= 4 is 5.78 Å². The van der Waals surface area contributed by atoms with E-state index in [-0.39, 0.29) is 10.8 Å². The van der Waals surface area contributed by atoms with Crippen LogP contribution in [0.1, 0.15) is 58.8 Å². The number of hydrogen-bond acceptors (Lipinski definition) is 2. The molecule has 4 saturated carbocycles. The quantitative estimate of drug-likeness (QED) is 0.633. The van der Waals surface area contributed by atoms with E-state index in [0.29, 0.717) is 41.3 Å². The summed E-state index contributed by atoms with van der Waals surface area (Å²) in [6.45, 7) is 8.92. The van der Waals surface area contributed by atoms with Gasteiger partial charge in [0.25, 0.3) is 0 Å². The highest BCUT2D eigenvalue weighted by Gasteiger charge is 2.76. The third-order valence-corrected chi connectivity index (χ3v) is 9.66. The SMILES string of the molecule is C=C[C@H]1CC2=CC(=O)CC[C@@H]2[C@H]2CC[C@@]3(C)[C@@H]([C@@H]4C[C@@H]4[C@@]3(C#N)CC)[C@@H]21. The van der Waals surface area contributed by atoms with Crippen LogP contribution in [0.3, 0.4) is 0 Å². The molecule has 0 aromatic heterocycles. The Kier molecular flexibility index (Phi) is 3.45. The molecule has 0 bridgehead atoms. The summed E-state index contributed by atoms with van der Waals surface area (Å²) in [6.07, 6.45) is 11.7. The first kappa shape index (κ1) is 16.8. The molecule has 5 aliphatic rings. The molecule has 0 amide bonds. The number of ketones is 1. The van der Waals surface area contributed by atoms with E-state index in [1.165, 1.54) is 24.8 Å². The lowest BCUT2D eigenvalue weighted by atomic mass is 9.45. The summed E-state index contributed by atoms with van der Waals surface area (Å²) < 4.78 is 0. The molecule has 0 aromatic carbocycles. The Morgan fingerprint density at radius 3 is 2.88 bits per heavy atom. The van der Waals surface area contributed by atoms with E-state index in [0.717, 1.165) is 31.6 Å². The summed E-state index contributed by atoms with van der Waals surface area (Å²) in [5.41, 5.74) is 1.50. The van der Waals surface area contributed by atoms with Gasteiger partial charge in [-0.3, -0.25) is 4.79 Å². The Hall–Kier alpha value is -1.36. The third-order valence-electron chi connectivity index (χ3n) is 9.66. The standard InChI is InChI=1S/C24H31NO/c1-4-14-10-15-11-16(26)6-7-17(15)18-8-9-23(3)22(21(14)18)19-12-20(19)24(23,5-2)13-25/h4,11,14,17-22H,1,5-10,12H2,2-3H3/t14-,17-,18+,19+,20-,21+,22-,23-,24-/m0/s1. The second-order valence-corrected chi connectivity index (χ2v) is 10.1. The predicted molar refractivity (Wildman–Crippen MR) is 102 cm³/mol. The number of nitriles is 1. The average molecular weight is 350 g/mol. The highest BCUT2D eigenvalue weighted by molar-refractivity contribution is 5.91. The second kappa shape index (κ2) is 5.34. The van der Waals surface area contributed by atoms with Gasteiger partial charge < -0.3 is 0 Å². The third kappa shape index (κ3) is 1.81. The zero-order valence-corrected chi connectivity index (χ0v) is 16.2. The Labute approximate surface area is 157 Å². The first-order valence-electron chi connectivity index (χ1n) is 10.8. The van der Waals surface area contributed by atoms with Gasteiger partial charge in [-0.05, 0) is 91.4 Å². The molecule has 5 rings (SSSR count). The van der Waals surface area contributed by atoms with Gasteiger partial charge in [0, 0.05) is 6.42 Å². The van der Waals surface area contributed by atoms with Crippen LogP contribution in [0.4, 0.5) is 0 Å². The number of carbonyl (C=O) groups excluding carboxylic acids is 1. The van der Waals surface area contributed by atoms with Crippen LogP contribution in [-0.2, 0) is 4.79 Å². The van der Waals surface area contributed by atoms with Crippen molar-refractivity contribution in [3.63, 3.8) is 0 Å². The van der Waals surface area contributed by atoms with Crippen molar-refractivity contribution in [2.75, 3.05) is 0 Å².